The summed E-state index contributed by atoms with van der Waals surface area (Å²) in [5, 5.41) is 0. The largest absolute Gasteiger partial charge is 0.364 e. The molecule has 0 spiro atoms. The van der Waals surface area contributed by atoms with Crippen LogP contribution in [0, 0.1) is 0 Å². The molecule has 0 unspecified atom stereocenters. The summed E-state index contributed by atoms with van der Waals surface area (Å²) in [6, 6.07) is 0. The van der Waals surface area contributed by atoms with Crippen molar-refractivity contribution in [2.24, 2.45) is 0 Å². The van der Waals surface area contributed by atoms with Crippen molar-refractivity contribution >= 4 is 0 Å². The number of hydrogen-bond donors (Lipinski definition) is 0. The van der Waals surface area contributed by atoms with Crippen molar-refractivity contribution in [3.63, 3.8) is 0 Å². The zero-order valence-electron chi connectivity index (χ0n) is 6.83. The molecule has 0 aliphatic carbocycles. The van der Waals surface area contributed by atoms with Crippen LogP contribution in [0.15, 0.2) is 24.2 Å². The second-order valence-electron chi connectivity index (χ2n) is 2.69. The van der Waals surface area contributed by atoms with Gasteiger partial charge in [0.1, 0.15) is 5.82 Å². The van der Waals surface area contributed by atoms with Crippen molar-refractivity contribution in [1.29, 1.82) is 0 Å². The minimum Gasteiger partial charge on any atom is -0.364 e. The second kappa shape index (κ2) is 2.78. The normalized spacial score (nSPS) is 17.1. The monoisotopic (exact) mass is 138 g/mol. The maximum atomic E-state index is 2.21. The van der Waals surface area contributed by atoms with Crippen molar-refractivity contribution in [2.75, 3.05) is 21.1 Å². The molecule has 0 radical (unpaired) electrons. The van der Waals surface area contributed by atoms with E-state index in [1.165, 1.54) is 5.82 Å². The van der Waals surface area contributed by atoms with Crippen molar-refractivity contribution in [3.8, 4) is 0 Å². The van der Waals surface area contributed by atoms with E-state index in [4.69, 9.17) is 0 Å². The van der Waals surface area contributed by atoms with Crippen LogP contribution in [0.4, 0.5) is 0 Å². The summed E-state index contributed by atoms with van der Waals surface area (Å²) in [4.78, 5) is 4.23. The average Bonchev–Trinajstić information content (AvgIpc) is 1.88. The highest BCUT2D eigenvalue weighted by Gasteiger charge is 2.04. The van der Waals surface area contributed by atoms with Crippen molar-refractivity contribution in [2.45, 2.75) is 6.42 Å². The SMILES string of the molecule is CN(C)C1=CCC=CN1C. The smallest absolute Gasteiger partial charge is 0.103 e. The number of allylic oxidation sites excluding steroid dienone is 2. The predicted octanol–water partition coefficient (Wildman–Crippen LogP) is 1.24. The molecule has 0 N–H and O–H groups in total. The Hall–Kier alpha value is -0.920. The summed E-state index contributed by atoms with van der Waals surface area (Å²) in [6.07, 6.45) is 7.50. The van der Waals surface area contributed by atoms with Crippen LogP contribution in [0.3, 0.4) is 0 Å². The highest BCUT2D eigenvalue weighted by Crippen LogP contribution is 2.11. The molecule has 0 fully saturated rings. The maximum Gasteiger partial charge on any atom is 0.103 e. The molecule has 2 heteroatoms. The van der Waals surface area contributed by atoms with E-state index in [-0.39, 0.29) is 0 Å². The molecule has 0 bridgehead atoms. The van der Waals surface area contributed by atoms with E-state index in [0.717, 1.165) is 6.42 Å². The molecule has 1 rings (SSSR count). The van der Waals surface area contributed by atoms with Gasteiger partial charge in [-0.2, -0.15) is 0 Å². The minimum absolute atomic E-state index is 1.05. The molecule has 0 atom stereocenters. The van der Waals surface area contributed by atoms with E-state index in [2.05, 4.69) is 49.3 Å². The first-order valence-electron chi connectivity index (χ1n) is 3.49. The Morgan fingerprint density at radius 2 is 2.20 bits per heavy atom. The molecule has 1 heterocycles. The predicted molar refractivity (Wildman–Crippen MR) is 43.3 cm³/mol. The second-order valence-corrected chi connectivity index (χ2v) is 2.69. The summed E-state index contributed by atoms with van der Waals surface area (Å²) in [5.41, 5.74) is 0. The lowest BCUT2D eigenvalue weighted by atomic mass is 10.3. The van der Waals surface area contributed by atoms with Crippen molar-refractivity contribution < 1.29 is 0 Å². The Bertz CT molecular complexity index is 168. The molecule has 0 aromatic heterocycles. The highest BCUT2D eigenvalue weighted by atomic mass is 15.3. The van der Waals surface area contributed by atoms with E-state index in [1.54, 1.807) is 0 Å². The molecule has 0 saturated heterocycles. The van der Waals surface area contributed by atoms with E-state index in [0.29, 0.717) is 0 Å². The van der Waals surface area contributed by atoms with Crippen LogP contribution < -0.4 is 0 Å². The highest BCUT2D eigenvalue weighted by molar-refractivity contribution is 5.10. The zero-order valence-corrected chi connectivity index (χ0v) is 6.83. The van der Waals surface area contributed by atoms with Crippen LogP contribution in [0.5, 0.6) is 0 Å². The fraction of sp³-hybridized carbons (Fsp3) is 0.500. The first-order chi connectivity index (χ1) is 4.72. The topological polar surface area (TPSA) is 6.48 Å². The summed E-state index contributed by atoms with van der Waals surface area (Å²) in [5.74, 6) is 1.27. The quantitative estimate of drug-likeness (QED) is 0.538. The van der Waals surface area contributed by atoms with Gasteiger partial charge in [-0.3, -0.25) is 0 Å². The Balaban J connectivity index is 2.66. The lowest BCUT2D eigenvalue weighted by Crippen LogP contribution is -2.25. The summed E-state index contributed by atoms with van der Waals surface area (Å²) in [6.45, 7) is 0. The summed E-state index contributed by atoms with van der Waals surface area (Å²) >= 11 is 0. The lowest BCUT2D eigenvalue weighted by Gasteiger charge is -2.27. The van der Waals surface area contributed by atoms with Crippen LogP contribution in [-0.4, -0.2) is 30.9 Å². The molecule has 0 aromatic carbocycles. The van der Waals surface area contributed by atoms with E-state index < -0.39 is 0 Å². The van der Waals surface area contributed by atoms with Gasteiger partial charge in [0.05, 0.1) is 0 Å². The Kier molecular flexibility index (Phi) is 2.00. The van der Waals surface area contributed by atoms with Crippen LogP contribution in [-0.2, 0) is 0 Å². The van der Waals surface area contributed by atoms with Gasteiger partial charge in [-0.05, 0) is 12.5 Å². The Morgan fingerprint density at radius 1 is 1.50 bits per heavy atom. The van der Waals surface area contributed by atoms with Gasteiger partial charge in [0.15, 0.2) is 0 Å². The van der Waals surface area contributed by atoms with Gasteiger partial charge < -0.3 is 9.80 Å². The van der Waals surface area contributed by atoms with Crippen LogP contribution in [0.25, 0.3) is 0 Å². The van der Waals surface area contributed by atoms with Gasteiger partial charge in [-0.25, -0.2) is 0 Å². The zero-order chi connectivity index (χ0) is 7.56. The number of rotatable bonds is 1. The van der Waals surface area contributed by atoms with E-state index in [1.807, 2.05) is 0 Å². The maximum absolute atomic E-state index is 2.21. The molecule has 1 aliphatic heterocycles. The third-order valence-corrected chi connectivity index (χ3v) is 1.59. The van der Waals surface area contributed by atoms with Gasteiger partial charge >= 0.3 is 0 Å². The lowest BCUT2D eigenvalue weighted by molar-refractivity contribution is 0.360. The fourth-order valence-electron chi connectivity index (χ4n) is 1.11. The van der Waals surface area contributed by atoms with Crippen molar-refractivity contribution in [3.05, 3.63) is 24.2 Å². The first kappa shape index (κ1) is 7.19. The average molecular weight is 138 g/mol. The number of nitrogens with zero attached hydrogens (tertiary/aromatic N) is 2. The molecule has 1 aliphatic rings. The van der Waals surface area contributed by atoms with Gasteiger partial charge in [0, 0.05) is 27.3 Å². The molecule has 0 amide bonds. The molecule has 10 heavy (non-hydrogen) atoms. The summed E-state index contributed by atoms with van der Waals surface area (Å²) < 4.78 is 0. The molecular weight excluding hydrogens is 124 g/mol. The minimum atomic E-state index is 1.05. The molecule has 0 saturated carbocycles. The Labute approximate surface area is 62.4 Å². The summed E-state index contributed by atoms with van der Waals surface area (Å²) in [7, 11) is 6.17. The van der Waals surface area contributed by atoms with Crippen LogP contribution >= 0.6 is 0 Å². The van der Waals surface area contributed by atoms with Gasteiger partial charge in [0.25, 0.3) is 0 Å². The van der Waals surface area contributed by atoms with E-state index in [9.17, 15) is 0 Å². The van der Waals surface area contributed by atoms with E-state index >= 15 is 0 Å². The Morgan fingerprint density at radius 3 is 2.60 bits per heavy atom. The molecule has 56 valence electrons. The fourth-order valence-corrected chi connectivity index (χ4v) is 1.11. The third-order valence-electron chi connectivity index (χ3n) is 1.59. The molecule has 2 nitrogen and oxygen atoms in total. The molecule has 0 aromatic rings. The van der Waals surface area contributed by atoms with Gasteiger partial charge in [-0.15, -0.1) is 0 Å². The van der Waals surface area contributed by atoms with Crippen molar-refractivity contribution in [1.82, 2.24) is 9.80 Å². The number of hydrogen-bond acceptors (Lipinski definition) is 2. The standard InChI is InChI=1S/C8H14N2/c1-9(2)8-6-4-5-7-10(8)3/h5-7H,4H2,1-3H3. The third kappa shape index (κ3) is 1.32. The van der Waals surface area contributed by atoms with Crippen LogP contribution in [0.2, 0.25) is 0 Å². The molecular formula is C8H14N2. The van der Waals surface area contributed by atoms with Crippen LogP contribution in [0.1, 0.15) is 6.42 Å². The van der Waals surface area contributed by atoms with Gasteiger partial charge in [-0.1, -0.05) is 6.08 Å². The first-order valence-corrected chi connectivity index (χ1v) is 3.49. The van der Waals surface area contributed by atoms with Gasteiger partial charge in [0.2, 0.25) is 0 Å².